The molecule has 0 aliphatic heterocycles. The van der Waals surface area contributed by atoms with Gasteiger partial charge in [0, 0.05) is 17.7 Å². The predicted octanol–water partition coefficient (Wildman–Crippen LogP) is 3.81. The molecule has 1 N–H and O–H groups in total. The average Bonchev–Trinajstić information content (AvgIpc) is 2.62. The Morgan fingerprint density at radius 3 is 2.23 bits per heavy atom. The molecule has 0 spiro atoms. The smallest absolute Gasteiger partial charge is 0.325 e. The van der Waals surface area contributed by atoms with Crippen LogP contribution >= 0.6 is 31.9 Å². The van der Waals surface area contributed by atoms with Crippen molar-refractivity contribution in [3.63, 3.8) is 0 Å². The zero-order valence-electron chi connectivity index (χ0n) is 13.3. The number of non-ortho nitro benzene ring substituents is 1. The van der Waals surface area contributed by atoms with Crippen LogP contribution in [0, 0.1) is 10.1 Å². The zero-order valence-corrected chi connectivity index (χ0v) is 16.5. The third kappa shape index (κ3) is 5.02. The third-order valence-electron chi connectivity index (χ3n) is 3.15. The normalized spacial score (nSPS) is 10.1. The summed E-state index contributed by atoms with van der Waals surface area (Å²) in [5, 5.41) is 13.1. The highest BCUT2D eigenvalue weighted by molar-refractivity contribution is 9.11. The summed E-state index contributed by atoms with van der Waals surface area (Å²) in [5.74, 6) is -0.239. The number of nitrogens with zero attached hydrogens (tertiary/aromatic N) is 1. The van der Waals surface area contributed by atoms with Crippen molar-refractivity contribution in [2.75, 3.05) is 13.7 Å². The van der Waals surface area contributed by atoms with Gasteiger partial charge in [-0.15, -0.1) is 0 Å². The van der Waals surface area contributed by atoms with Gasteiger partial charge in [0.1, 0.15) is 12.3 Å². The van der Waals surface area contributed by atoms with Crippen molar-refractivity contribution in [2.24, 2.45) is 0 Å². The van der Waals surface area contributed by atoms with E-state index in [2.05, 4.69) is 41.9 Å². The maximum Gasteiger partial charge on any atom is 0.325 e. The lowest BCUT2D eigenvalue weighted by Gasteiger charge is -2.12. The number of carbonyl (C=O) groups is 2. The Morgan fingerprint density at radius 2 is 1.73 bits per heavy atom. The van der Waals surface area contributed by atoms with Crippen LogP contribution in [0.4, 0.5) is 5.69 Å². The number of nitrogens with one attached hydrogen (secondary N) is 1. The lowest BCUT2D eigenvalue weighted by atomic mass is 10.2. The number of halogens is 2. The van der Waals surface area contributed by atoms with Crippen LogP contribution in [-0.2, 0) is 9.53 Å². The number of hydrogen-bond donors (Lipinski definition) is 1. The molecule has 2 aromatic rings. The van der Waals surface area contributed by atoms with Crippen molar-refractivity contribution in [2.45, 2.75) is 0 Å². The van der Waals surface area contributed by atoms with Gasteiger partial charge in [0.05, 0.1) is 21.0 Å². The SMILES string of the molecule is COC(=O)CNC(=O)c1cc(Br)c(Oc2ccc([N+](=O)[O-])cc2)c(Br)c1. The molecule has 0 heterocycles. The second-order valence-electron chi connectivity index (χ2n) is 4.88. The summed E-state index contributed by atoms with van der Waals surface area (Å²) in [7, 11) is 1.23. The van der Waals surface area contributed by atoms with Gasteiger partial charge in [0.15, 0.2) is 5.75 Å². The molecule has 0 aliphatic rings. The van der Waals surface area contributed by atoms with E-state index < -0.39 is 16.8 Å². The molecule has 2 rings (SSSR count). The van der Waals surface area contributed by atoms with Gasteiger partial charge in [-0.25, -0.2) is 0 Å². The summed E-state index contributed by atoms with van der Waals surface area (Å²) in [6, 6.07) is 8.63. The second kappa shape index (κ2) is 8.77. The minimum atomic E-state index is -0.561. The van der Waals surface area contributed by atoms with Crippen LogP contribution in [0.2, 0.25) is 0 Å². The first-order valence-electron chi connectivity index (χ1n) is 7.08. The summed E-state index contributed by atoms with van der Waals surface area (Å²) in [6.45, 7) is -0.244. The Bertz CT molecular complexity index is 831. The molecule has 0 fully saturated rings. The topological polar surface area (TPSA) is 108 Å². The molecule has 0 saturated carbocycles. The molecule has 10 heteroatoms. The van der Waals surface area contributed by atoms with Crippen LogP contribution in [0.5, 0.6) is 11.5 Å². The Hall–Kier alpha value is -2.46. The van der Waals surface area contributed by atoms with Crippen LogP contribution in [0.25, 0.3) is 0 Å². The minimum Gasteiger partial charge on any atom is -0.468 e. The van der Waals surface area contributed by atoms with E-state index in [1.54, 1.807) is 0 Å². The molecule has 26 heavy (non-hydrogen) atoms. The number of esters is 1. The number of nitro groups is 1. The highest BCUT2D eigenvalue weighted by Gasteiger charge is 2.15. The van der Waals surface area contributed by atoms with Gasteiger partial charge >= 0.3 is 5.97 Å². The van der Waals surface area contributed by atoms with Crippen LogP contribution in [0.3, 0.4) is 0 Å². The molecule has 0 aliphatic carbocycles. The van der Waals surface area contributed by atoms with Crippen LogP contribution < -0.4 is 10.1 Å². The van der Waals surface area contributed by atoms with Gasteiger partial charge in [0.25, 0.3) is 11.6 Å². The first-order valence-corrected chi connectivity index (χ1v) is 8.66. The molecule has 0 radical (unpaired) electrons. The fourth-order valence-corrected chi connectivity index (χ4v) is 3.22. The monoisotopic (exact) mass is 486 g/mol. The van der Waals surface area contributed by atoms with Crippen molar-refractivity contribution in [1.29, 1.82) is 0 Å². The van der Waals surface area contributed by atoms with Crippen molar-refractivity contribution in [3.05, 3.63) is 61.0 Å². The Morgan fingerprint density at radius 1 is 1.15 bits per heavy atom. The Labute approximate surface area is 164 Å². The van der Waals surface area contributed by atoms with Crippen LogP contribution in [-0.4, -0.2) is 30.5 Å². The molecule has 0 unspecified atom stereocenters. The highest BCUT2D eigenvalue weighted by atomic mass is 79.9. The van der Waals surface area contributed by atoms with E-state index in [9.17, 15) is 19.7 Å². The maximum atomic E-state index is 12.1. The van der Waals surface area contributed by atoms with Crippen LogP contribution in [0.15, 0.2) is 45.3 Å². The van der Waals surface area contributed by atoms with Gasteiger partial charge in [-0.1, -0.05) is 0 Å². The first-order chi connectivity index (χ1) is 12.3. The molecule has 2 aromatic carbocycles. The Balaban J connectivity index is 2.17. The highest BCUT2D eigenvalue weighted by Crippen LogP contribution is 2.38. The van der Waals surface area contributed by atoms with Gasteiger partial charge in [-0.2, -0.15) is 0 Å². The second-order valence-corrected chi connectivity index (χ2v) is 6.59. The van der Waals surface area contributed by atoms with E-state index in [1.165, 1.54) is 43.5 Å². The third-order valence-corrected chi connectivity index (χ3v) is 4.33. The molecule has 0 atom stereocenters. The molecule has 0 bridgehead atoms. The largest absolute Gasteiger partial charge is 0.468 e. The van der Waals surface area contributed by atoms with E-state index in [4.69, 9.17) is 4.74 Å². The molecule has 136 valence electrons. The van der Waals surface area contributed by atoms with Gasteiger partial charge < -0.3 is 14.8 Å². The molecule has 1 amide bonds. The number of ether oxygens (including phenoxy) is 2. The number of nitro benzene ring substituents is 1. The van der Waals surface area contributed by atoms with Gasteiger partial charge in [-0.05, 0) is 56.1 Å². The fourth-order valence-electron chi connectivity index (χ4n) is 1.87. The fraction of sp³-hybridized carbons (Fsp3) is 0.125. The first kappa shape index (κ1) is 19.9. The number of hydrogen-bond acceptors (Lipinski definition) is 6. The lowest BCUT2D eigenvalue weighted by molar-refractivity contribution is -0.384. The molecule has 0 aromatic heterocycles. The number of methoxy groups -OCH3 is 1. The predicted molar refractivity (Wildman–Crippen MR) is 99.4 cm³/mol. The summed E-state index contributed by atoms with van der Waals surface area (Å²) in [5.41, 5.74) is 0.247. The summed E-state index contributed by atoms with van der Waals surface area (Å²) >= 11 is 6.64. The lowest BCUT2D eigenvalue weighted by Crippen LogP contribution is -2.30. The van der Waals surface area contributed by atoms with E-state index in [-0.39, 0.29) is 12.2 Å². The van der Waals surface area contributed by atoms with E-state index in [1.807, 2.05) is 0 Å². The quantitative estimate of drug-likeness (QED) is 0.377. The number of rotatable bonds is 6. The number of carbonyl (C=O) groups excluding carboxylic acids is 2. The molecule has 8 nitrogen and oxygen atoms in total. The summed E-state index contributed by atoms with van der Waals surface area (Å²) in [4.78, 5) is 33.3. The van der Waals surface area contributed by atoms with Gasteiger partial charge in [-0.3, -0.25) is 19.7 Å². The summed E-state index contributed by atoms with van der Waals surface area (Å²) < 4.78 is 11.1. The molecule has 0 saturated heterocycles. The standard InChI is InChI=1S/C16H12Br2N2O6/c1-25-14(21)8-19-16(22)9-6-12(17)15(13(18)7-9)26-11-4-2-10(3-5-11)20(23)24/h2-7H,8H2,1H3,(H,19,22). The van der Waals surface area contributed by atoms with E-state index >= 15 is 0 Å². The van der Waals surface area contributed by atoms with Crippen molar-refractivity contribution < 1.29 is 24.0 Å². The van der Waals surface area contributed by atoms with Gasteiger partial charge in [0.2, 0.25) is 0 Å². The van der Waals surface area contributed by atoms with Crippen LogP contribution in [0.1, 0.15) is 10.4 Å². The zero-order chi connectivity index (χ0) is 19.3. The minimum absolute atomic E-state index is 0.0480. The number of benzene rings is 2. The molecular weight excluding hydrogens is 476 g/mol. The van der Waals surface area contributed by atoms with Crippen molar-refractivity contribution in [3.8, 4) is 11.5 Å². The van der Waals surface area contributed by atoms with E-state index in [0.29, 0.717) is 26.0 Å². The Kier molecular flexibility index (Phi) is 6.70. The maximum absolute atomic E-state index is 12.1. The van der Waals surface area contributed by atoms with Crippen molar-refractivity contribution in [1.82, 2.24) is 5.32 Å². The number of amides is 1. The molecular formula is C16H12Br2N2O6. The average molecular weight is 488 g/mol. The van der Waals surface area contributed by atoms with Crippen molar-refractivity contribution >= 4 is 49.4 Å². The van der Waals surface area contributed by atoms with E-state index in [0.717, 1.165) is 0 Å². The summed E-state index contributed by atoms with van der Waals surface area (Å²) in [6.07, 6.45) is 0.